The average Bonchev–Trinajstić information content (AvgIpc) is 2.98. The lowest BCUT2D eigenvalue weighted by Gasteiger charge is -2.55. The van der Waals surface area contributed by atoms with E-state index < -0.39 is 0 Å². The van der Waals surface area contributed by atoms with E-state index in [-0.39, 0.29) is 5.41 Å². The first kappa shape index (κ1) is 20.5. The van der Waals surface area contributed by atoms with Gasteiger partial charge in [0.15, 0.2) is 12.3 Å². The van der Waals surface area contributed by atoms with Crippen LogP contribution in [0.25, 0.3) is 0 Å². The fourth-order valence-electron chi connectivity index (χ4n) is 8.21. The number of rotatable bonds is 5. The first-order chi connectivity index (χ1) is 13.3. The molecule has 1 heterocycles. The third-order valence-electron chi connectivity index (χ3n) is 9.74. The van der Waals surface area contributed by atoms with Crippen molar-refractivity contribution in [2.75, 3.05) is 6.54 Å². The first-order valence-corrected chi connectivity index (χ1v) is 12.3. The normalized spacial score (nSPS) is 43.6. The van der Waals surface area contributed by atoms with Crippen molar-refractivity contribution in [1.82, 2.24) is 0 Å². The molecule has 2 fully saturated rings. The highest BCUT2D eigenvalue weighted by Gasteiger charge is 2.60. The molecule has 4 aliphatic rings. The highest BCUT2D eigenvalue weighted by Crippen LogP contribution is 2.65. The number of allylic oxidation sites excluding steroid dienone is 2. The van der Waals surface area contributed by atoms with Gasteiger partial charge in [-0.15, -0.1) is 0 Å². The first-order valence-electron chi connectivity index (χ1n) is 12.3. The van der Waals surface area contributed by atoms with Crippen LogP contribution in [0, 0.1) is 51.5 Å². The summed E-state index contributed by atoms with van der Waals surface area (Å²) in [5.74, 6) is 4.83. The van der Waals surface area contributed by atoms with Gasteiger partial charge in [-0.2, -0.15) is 0 Å². The summed E-state index contributed by atoms with van der Waals surface area (Å²) in [5.41, 5.74) is 1.74. The van der Waals surface area contributed by atoms with Gasteiger partial charge in [-0.1, -0.05) is 53.0 Å². The van der Waals surface area contributed by atoms with Crippen LogP contribution in [0.15, 0.2) is 12.2 Å². The van der Waals surface area contributed by atoms with Crippen LogP contribution in [0.4, 0.5) is 0 Å². The van der Waals surface area contributed by atoms with Gasteiger partial charge in [0, 0.05) is 12.5 Å². The van der Waals surface area contributed by atoms with Gasteiger partial charge in [-0.05, 0) is 80.0 Å². The van der Waals surface area contributed by atoms with E-state index in [0.717, 1.165) is 35.8 Å². The van der Waals surface area contributed by atoms with E-state index in [2.05, 4.69) is 46.8 Å². The van der Waals surface area contributed by atoms with Crippen LogP contribution in [-0.4, -0.2) is 17.0 Å². The molecule has 0 aromatic rings. The molecule has 7 atom stereocenters. The largest absolute Gasteiger partial charge is 0.624 e. The Balaban J connectivity index is 1.54. The molecule has 0 amide bonds. The molecule has 158 valence electrons. The lowest BCUT2D eigenvalue weighted by Crippen LogP contribution is -2.53. The van der Waals surface area contributed by atoms with Crippen molar-refractivity contribution in [2.24, 2.45) is 46.3 Å². The van der Waals surface area contributed by atoms with E-state index in [9.17, 15) is 5.21 Å². The smallest absolute Gasteiger partial charge is 0.192 e. The molecule has 0 bridgehead atoms. The van der Waals surface area contributed by atoms with Crippen molar-refractivity contribution in [3.63, 3.8) is 0 Å². The molecule has 0 aromatic heterocycles. The third-order valence-corrected chi connectivity index (χ3v) is 9.74. The van der Waals surface area contributed by atoms with Gasteiger partial charge >= 0.3 is 0 Å². The Hall–Kier alpha value is -0.790. The standard InChI is InChI=1S/C26H43NO/c1-18(2)8-6-9-19(3)21-11-12-22-20-10-13-24-26(5,15-7-17-27(24)28)23(20)14-16-25(21,22)4/h10,13,18-23H,6-9,11-12,14-17H2,1-5H3/t19-,20+,21-,22+,23+,25-,26-/m1/s1. The van der Waals surface area contributed by atoms with Crippen molar-refractivity contribution in [3.8, 4) is 0 Å². The molecule has 4 rings (SSSR count). The van der Waals surface area contributed by atoms with Gasteiger partial charge in [-0.25, -0.2) is 4.74 Å². The molecule has 2 heteroatoms. The zero-order valence-corrected chi connectivity index (χ0v) is 19.0. The molecule has 2 nitrogen and oxygen atoms in total. The highest BCUT2D eigenvalue weighted by atomic mass is 16.5. The van der Waals surface area contributed by atoms with Crippen LogP contribution >= 0.6 is 0 Å². The molecular formula is C26H43NO. The predicted octanol–water partition coefficient (Wildman–Crippen LogP) is 6.83. The van der Waals surface area contributed by atoms with E-state index in [1.807, 2.05) is 0 Å². The molecule has 0 radical (unpaired) electrons. The fourth-order valence-corrected chi connectivity index (χ4v) is 8.21. The molecule has 2 saturated carbocycles. The van der Waals surface area contributed by atoms with Crippen molar-refractivity contribution < 1.29 is 4.74 Å². The number of hydrogen-bond donors (Lipinski definition) is 0. The SMILES string of the molecule is CC(C)CCC[C@@H](C)[C@H]1CC[C@H]2[C@@H]3C=CC4=[N+]([O-])CCC[C@]4(C)[C@H]3CC[C@]12C. The summed E-state index contributed by atoms with van der Waals surface area (Å²) in [4.78, 5) is 0. The van der Waals surface area contributed by atoms with Crippen LogP contribution < -0.4 is 0 Å². The van der Waals surface area contributed by atoms with E-state index in [1.54, 1.807) is 0 Å². The van der Waals surface area contributed by atoms with Gasteiger partial charge in [0.05, 0.1) is 5.41 Å². The van der Waals surface area contributed by atoms with Crippen molar-refractivity contribution >= 4 is 5.71 Å². The lowest BCUT2D eigenvalue weighted by molar-refractivity contribution is -0.469. The van der Waals surface area contributed by atoms with E-state index in [0.29, 0.717) is 23.8 Å². The molecule has 0 saturated heterocycles. The summed E-state index contributed by atoms with van der Waals surface area (Å²) in [6.45, 7) is 13.0. The molecule has 0 spiro atoms. The summed E-state index contributed by atoms with van der Waals surface area (Å²) in [6, 6.07) is 0. The topological polar surface area (TPSA) is 26.1 Å². The average molecular weight is 386 g/mol. The second-order valence-corrected chi connectivity index (χ2v) is 11.7. The Morgan fingerprint density at radius 1 is 1.07 bits per heavy atom. The van der Waals surface area contributed by atoms with E-state index in [1.165, 1.54) is 56.1 Å². The summed E-state index contributed by atoms with van der Waals surface area (Å²) in [6.07, 6.45) is 16.8. The van der Waals surface area contributed by atoms with Gasteiger partial charge in [-0.3, -0.25) is 0 Å². The number of hydrogen-bond acceptors (Lipinski definition) is 1. The van der Waals surface area contributed by atoms with Gasteiger partial charge < -0.3 is 5.21 Å². The van der Waals surface area contributed by atoms with Crippen LogP contribution in [0.1, 0.15) is 92.4 Å². The molecule has 0 aromatic carbocycles. The highest BCUT2D eigenvalue weighted by molar-refractivity contribution is 5.97. The fraction of sp³-hybridized carbons (Fsp3) is 0.885. The molecule has 0 unspecified atom stereocenters. The third kappa shape index (κ3) is 3.18. The summed E-state index contributed by atoms with van der Waals surface area (Å²) in [5, 5.41) is 12.5. The van der Waals surface area contributed by atoms with Gasteiger partial charge in [0.25, 0.3) is 0 Å². The molecule has 3 aliphatic carbocycles. The quantitative estimate of drug-likeness (QED) is 0.376. The molecule has 1 aliphatic heterocycles. The predicted molar refractivity (Wildman–Crippen MR) is 118 cm³/mol. The molecule has 28 heavy (non-hydrogen) atoms. The van der Waals surface area contributed by atoms with Gasteiger partial charge in [0.1, 0.15) is 0 Å². The van der Waals surface area contributed by atoms with Crippen LogP contribution in [-0.2, 0) is 0 Å². The summed E-state index contributed by atoms with van der Waals surface area (Å²) < 4.78 is 1.32. The van der Waals surface area contributed by atoms with Crippen LogP contribution in [0.3, 0.4) is 0 Å². The van der Waals surface area contributed by atoms with E-state index in [4.69, 9.17) is 0 Å². The zero-order valence-electron chi connectivity index (χ0n) is 19.0. The number of hydroxylamine groups is 1. The summed E-state index contributed by atoms with van der Waals surface area (Å²) in [7, 11) is 0. The molecular weight excluding hydrogens is 342 g/mol. The monoisotopic (exact) mass is 385 g/mol. The Morgan fingerprint density at radius 2 is 1.86 bits per heavy atom. The lowest BCUT2D eigenvalue weighted by atomic mass is 9.49. The van der Waals surface area contributed by atoms with Crippen LogP contribution in [0.2, 0.25) is 0 Å². The Kier molecular flexibility index (Phi) is 5.47. The number of fused-ring (bicyclic) bond motifs is 5. The Bertz CT molecular complexity index is 649. The second kappa shape index (κ2) is 7.47. The maximum atomic E-state index is 12.5. The van der Waals surface area contributed by atoms with Crippen LogP contribution in [0.5, 0.6) is 0 Å². The van der Waals surface area contributed by atoms with Crippen molar-refractivity contribution in [1.29, 1.82) is 0 Å². The maximum Gasteiger partial charge on any atom is 0.192 e. The summed E-state index contributed by atoms with van der Waals surface area (Å²) >= 11 is 0. The minimum Gasteiger partial charge on any atom is -0.624 e. The Morgan fingerprint density at radius 3 is 2.61 bits per heavy atom. The minimum atomic E-state index is 0.127. The maximum absolute atomic E-state index is 12.5. The zero-order chi connectivity index (χ0) is 20.1. The minimum absolute atomic E-state index is 0.127. The van der Waals surface area contributed by atoms with Crippen molar-refractivity contribution in [3.05, 3.63) is 17.4 Å². The Labute approximate surface area is 173 Å². The van der Waals surface area contributed by atoms with Gasteiger partial charge in [0.2, 0.25) is 0 Å². The molecule has 0 N–H and O–H groups in total. The second-order valence-electron chi connectivity index (χ2n) is 11.7. The number of nitrogens with zero attached hydrogens (tertiary/aromatic N) is 1. The van der Waals surface area contributed by atoms with Crippen molar-refractivity contribution in [2.45, 2.75) is 92.4 Å². The van der Waals surface area contributed by atoms with E-state index >= 15 is 0 Å².